The summed E-state index contributed by atoms with van der Waals surface area (Å²) >= 11 is 5.87. The highest BCUT2D eigenvalue weighted by Gasteiger charge is 2.56. The van der Waals surface area contributed by atoms with Crippen LogP contribution in [-0.4, -0.2) is 56.2 Å². The highest BCUT2D eigenvalue weighted by Crippen LogP contribution is 2.43. The SMILES string of the molecule is CC(N(Cc1ccc(Cl)cc1)C(=O)CN1C(=O)N[C@]2(CCc3cc(-c4cnn(C)c4)ccc32)C1=O)C(F)(F)F. The van der Waals surface area contributed by atoms with Gasteiger partial charge in [0.05, 0.1) is 6.20 Å². The van der Waals surface area contributed by atoms with Crippen LogP contribution in [-0.2, 0) is 35.1 Å². The van der Waals surface area contributed by atoms with Crippen molar-refractivity contribution in [2.45, 2.75) is 44.1 Å². The van der Waals surface area contributed by atoms with Gasteiger partial charge in [-0.05, 0) is 54.2 Å². The molecule has 1 aliphatic heterocycles. The maximum Gasteiger partial charge on any atom is 0.408 e. The van der Waals surface area contributed by atoms with Crippen molar-refractivity contribution in [1.82, 2.24) is 24.9 Å². The first kappa shape index (κ1) is 26.7. The highest BCUT2D eigenvalue weighted by molar-refractivity contribution is 6.30. The van der Waals surface area contributed by atoms with Crippen LogP contribution in [0.1, 0.15) is 30.0 Å². The maximum atomic E-state index is 13.7. The van der Waals surface area contributed by atoms with Crippen LogP contribution in [0.4, 0.5) is 18.0 Å². The Bertz CT molecular complexity index is 1460. The number of amides is 4. The Morgan fingerprint density at radius 2 is 1.90 bits per heavy atom. The molecule has 39 heavy (non-hydrogen) atoms. The second-order valence-electron chi connectivity index (χ2n) is 9.87. The van der Waals surface area contributed by atoms with Crippen molar-refractivity contribution in [3.05, 3.63) is 76.6 Å². The molecule has 12 heteroatoms. The van der Waals surface area contributed by atoms with Gasteiger partial charge in [0.2, 0.25) is 5.91 Å². The third-order valence-corrected chi connectivity index (χ3v) is 7.62. The number of aromatic nitrogens is 2. The molecule has 8 nitrogen and oxygen atoms in total. The van der Waals surface area contributed by atoms with E-state index in [4.69, 9.17) is 11.6 Å². The number of alkyl halides is 3. The predicted molar refractivity (Wildman–Crippen MR) is 136 cm³/mol. The van der Waals surface area contributed by atoms with Gasteiger partial charge in [-0.3, -0.25) is 19.2 Å². The summed E-state index contributed by atoms with van der Waals surface area (Å²) in [6, 6.07) is 8.63. The Kier molecular flexibility index (Phi) is 6.66. The van der Waals surface area contributed by atoms with Gasteiger partial charge in [-0.2, -0.15) is 18.3 Å². The molecule has 4 amide bonds. The molecule has 1 N–H and O–H groups in total. The topological polar surface area (TPSA) is 87.5 Å². The fourth-order valence-corrected chi connectivity index (χ4v) is 5.30. The summed E-state index contributed by atoms with van der Waals surface area (Å²) in [5.74, 6) is -1.65. The number of halogens is 4. The molecule has 1 saturated heterocycles. The minimum Gasteiger partial charge on any atom is -0.325 e. The Balaban J connectivity index is 1.39. The molecule has 1 aromatic heterocycles. The van der Waals surface area contributed by atoms with Crippen molar-refractivity contribution in [3.8, 4) is 11.1 Å². The minimum absolute atomic E-state index is 0.279. The van der Waals surface area contributed by atoms with Gasteiger partial charge in [-0.15, -0.1) is 0 Å². The zero-order valence-corrected chi connectivity index (χ0v) is 21.9. The number of nitrogens with zero attached hydrogens (tertiary/aromatic N) is 4. The standard InChI is InChI=1S/C27H25ClF3N5O3/c1-16(27(29,30)31)35(13-17-3-6-21(28)7-4-17)23(37)15-36-24(38)26(33-25(36)39)10-9-19-11-18(5-8-22(19)26)20-12-32-34(2)14-20/h3-8,11-12,14,16H,9-10,13,15H2,1-2H3,(H,33,39)/t16?,26-/m0/s1. The van der Waals surface area contributed by atoms with Gasteiger partial charge in [0.1, 0.15) is 18.1 Å². The van der Waals surface area contributed by atoms with E-state index in [1.807, 2.05) is 18.3 Å². The first-order valence-electron chi connectivity index (χ1n) is 12.3. The molecule has 2 aromatic carbocycles. The largest absolute Gasteiger partial charge is 0.408 e. The molecule has 2 atom stereocenters. The summed E-state index contributed by atoms with van der Waals surface area (Å²) in [5, 5.41) is 7.29. The zero-order valence-electron chi connectivity index (χ0n) is 21.1. The first-order chi connectivity index (χ1) is 18.4. The van der Waals surface area contributed by atoms with Gasteiger partial charge < -0.3 is 10.2 Å². The van der Waals surface area contributed by atoms with E-state index >= 15 is 0 Å². The van der Waals surface area contributed by atoms with Crippen LogP contribution >= 0.6 is 11.6 Å². The van der Waals surface area contributed by atoms with Gasteiger partial charge in [-0.25, -0.2) is 4.79 Å². The van der Waals surface area contributed by atoms with Crippen molar-refractivity contribution in [3.63, 3.8) is 0 Å². The first-order valence-corrected chi connectivity index (χ1v) is 12.6. The highest BCUT2D eigenvalue weighted by atomic mass is 35.5. The Hall–Kier alpha value is -3.86. The quantitative estimate of drug-likeness (QED) is 0.453. The fraction of sp³-hybridized carbons (Fsp3) is 0.333. The summed E-state index contributed by atoms with van der Waals surface area (Å²) in [7, 11) is 1.81. The van der Waals surface area contributed by atoms with Crippen LogP contribution in [0.25, 0.3) is 11.1 Å². The monoisotopic (exact) mass is 559 g/mol. The van der Waals surface area contributed by atoms with E-state index in [2.05, 4.69) is 10.4 Å². The van der Waals surface area contributed by atoms with Crippen LogP contribution in [0, 0.1) is 0 Å². The molecular weight excluding hydrogens is 535 g/mol. The third kappa shape index (κ3) is 4.87. The summed E-state index contributed by atoms with van der Waals surface area (Å²) in [5.41, 5.74) is 2.35. The van der Waals surface area contributed by atoms with Crippen molar-refractivity contribution >= 4 is 29.4 Å². The fourth-order valence-electron chi connectivity index (χ4n) is 5.18. The Labute approximate surface area is 227 Å². The zero-order chi connectivity index (χ0) is 28.1. The van der Waals surface area contributed by atoms with Gasteiger partial charge >= 0.3 is 12.2 Å². The lowest BCUT2D eigenvalue weighted by Gasteiger charge is -2.32. The van der Waals surface area contributed by atoms with Crippen molar-refractivity contribution < 1.29 is 27.6 Å². The molecule has 1 aliphatic carbocycles. The Morgan fingerprint density at radius 1 is 1.18 bits per heavy atom. The van der Waals surface area contributed by atoms with E-state index in [9.17, 15) is 27.6 Å². The molecule has 0 bridgehead atoms. The summed E-state index contributed by atoms with van der Waals surface area (Å²) in [6.45, 7) is -0.316. The van der Waals surface area contributed by atoms with Crippen LogP contribution in [0.3, 0.4) is 0 Å². The lowest BCUT2D eigenvalue weighted by molar-refractivity contribution is -0.187. The second kappa shape index (κ2) is 9.71. The van der Waals surface area contributed by atoms with E-state index in [1.165, 1.54) is 24.3 Å². The third-order valence-electron chi connectivity index (χ3n) is 7.37. The molecule has 1 spiro atoms. The molecule has 0 saturated carbocycles. The molecule has 204 valence electrons. The number of carbonyl (C=O) groups is 3. The van der Waals surface area contributed by atoms with E-state index < -0.39 is 42.1 Å². The predicted octanol–water partition coefficient (Wildman–Crippen LogP) is 4.41. The molecule has 5 rings (SSSR count). The van der Waals surface area contributed by atoms with Gasteiger partial charge in [-0.1, -0.05) is 41.9 Å². The normalized spacial score (nSPS) is 19.4. The summed E-state index contributed by atoms with van der Waals surface area (Å²) < 4.78 is 42.7. The summed E-state index contributed by atoms with van der Waals surface area (Å²) in [6.07, 6.45) is -0.344. The van der Waals surface area contributed by atoms with Crippen LogP contribution in [0.5, 0.6) is 0 Å². The van der Waals surface area contributed by atoms with E-state index in [0.717, 1.165) is 23.6 Å². The van der Waals surface area contributed by atoms with Crippen molar-refractivity contribution in [2.75, 3.05) is 6.54 Å². The average Bonchev–Trinajstić information content (AvgIpc) is 3.55. The number of hydrogen-bond acceptors (Lipinski definition) is 4. The van der Waals surface area contributed by atoms with Crippen LogP contribution in [0.2, 0.25) is 5.02 Å². The van der Waals surface area contributed by atoms with Crippen molar-refractivity contribution in [2.24, 2.45) is 7.05 Å². The van der Waals surface area contributed by atoms with Gasteiger partial charge in [0.15, 0.2) is 0 Å². The van der Waals surface area contributed by atoms with E-state index in [1.54, 1.807) is 24.0 Å². The van der Waals surface area contributed by atoms with Crippen LogP contribution < -0.4 is 5.32 Å². The van der Waals surface area contributed by atoms with Crippen LogP contribution in [0.15, 0.2) is 54.9 Å². The number of aryl methyl sites for hydroxylation is 2. The molecule has 3 aromatic rings. The minimum atomic E-state index is -4.71. The molecule has 1 unspecified atom stereocenters. The lowest BCUT2D eigenvalue weighted by Crippen LogP contribution is -2.51. The smallest absolute Gasteiger partial charge is 0.325 e. The number of benzene rings is 2. The number of urea groups is 1. The number of imide groups is 1. The Morgan fingerprint density at radius 3 is 2.54 bits per heavy atom. The molecule has 2 heterocycles. The number of rotatable bonds is 6. The number of carbonyl (C=O) groups excluding carboxylic acids is 3. The number of fused-ring (bicyclic) bond motifs is 2. The molecular formula is C27H25ClF3N5O3. The van der Waals surface area contributed by atoms with Crippen molar-refractivity contribution in [1.29, 1.82) is 0 Å². The molecule has 0 radical (unpaired) electrons. The second-order valence-corrected chi connectivity index (χ2v) is 10.3. The van der Waals surface area contributed by atoms with Gasteiger partial charge in [0, 0.05) is 30.4 Å². The maximum absolute atomic E-state index is 13.7. The van der Waals surface area contributed by atoms with Gasteiger partial charge in [0.25, 0.3) is 5.91 Å². The van der Waals surface area contributed by atoms with E-state index in [-0.39, 0.29) is 13.0 Å². The average molecular weight is 560 g/mol. The molecule has 1 fully saturated rings. The number of hydrogen-bond donors (Lipinski definition) is 1. The molecule has 2 aliphatic rings. The lowest BCUT2D eigenvalue weighted by atomic mass is 9.90. The van der Waals surface area contributed by atoms with E-state index in [0.29, 0.717) is 32.4 Å². The number of nitrogens with one attached hydrogen (secondary N) is 1. The summed E-state index contributed by atoms with van der Waals surface area (Å²) in [4.78, 5) is 41.1.